The minimum absolute atomic E-state index is 0.0150. The van der Waals surface area contributed by atoms with Gasteiger partial charge in [0.2, 0.25) is 5.71 Å². The minimum Gasteiger partial charge on any atom is -0.459 e. The van der Waals surface area contributed by atoms with E-state index in [4.69, 9.17) is 11.6 Å². The monoisotopic (exact) mass is 378 g/mol. The van der Waals surface area contributed by atoms with Crippen molar-refractivity contribution in [3.63, 3.8) is 0 Å². The largest absolute Gasteiger partial charge is 0.459 e. The number of carbonyl (C=O) groups excluding carboxylic acids is 1. The molecule has 3 heterocycles. The molecule has 0 aliphatic carbocycles. The lowest BCUT2D eigenvalue weighted by Gasteiger charge is -2.26. The van der Waals surface area contributed by atoms with E-state index in [-0.39, 0.29) is 17.3 Å². The average molecular weight is 379 g/mol. The van der Waals surface area contributed by atoms with Crippen LogP contribution in [0.5, 0.6) is 0 Å². The number of aromatic nitrogens is 1. The van der Waals surface area contributed by atoms with Crippen LogP contribution in [0.15, 0.2) is 42.4 Å². The van der Waals surface area contributed by atoms with Gasteiger partial charge in [0.15, 0.2) is 10.0 Å². The van der Waals surface area contributed by atoms with Gasteiger partial charge in [-0.25, -0.2) is 4.98 Å². The van der Waals surface area contributed by atoms with Crippen LogP contribution < -0.4 is 0 Å². The van der Waals surface area contributed by atoms with E-state index in [0.717, 1.165) is 10.6 Å². The first-order chi connectivity index (χ1) is 11.6. The summed E-state index contributed by atoms with van der Waals surface area (Å²) in [6.07, 6.45) is 1.71. The fraction of sp³-hybridized carbons (Fsp3) is 0.188. The summed E-state index contributed by atoms with van der Waals surface area (Å²) < 4.78 is 2.26. The number of carbonyl (C=O) groups is 1. The van der Waals surface area contributed by atoms with Crippen molar-refractivity contribution in [1.29, 1.82) is 0 Å². The van der Waals surface area contributed by atoms with Crippen molar-refractivity contribution in [2.45, 2.75) is 5.50 Å². The number of rotatable bonds is 2. The topological polar surface area (TPSA) is 56.4 Å². The molecule has 1 atom stereocenters. The highest BCUT2D eigenvalue weighted by Gasteiger charge is 2.49. The molecule has 1 unspecified atom stereocenters. The molecule has 8 heteroatoms. The Morgan fingerprint density at radius 3 is 2.79 bits per heavy atom. The molecule has 4 rings (SSSR count). The van der Waals surface area contributed by atoms with Crippen molar-refractivity contribution in [1.82, 2.24) is 9.88 Å². The number of nitrogens with zero attached hydrogens (tertiary/aromatic N) is 3. The normalized spacial score (nSPS) is 20.8. The standard InChI is InChI=1S/C16H12ClN3O2S2/c1-19-13(21)12(9-5-3-2-4-6-9)14(22)20-10(8-23-16(19)20)11-7-18-15(17)24-11/h2-7,16H,8H2,1H3/p+1. The molecule has 0 bridgehead atoms. The third kappa shape index (κ3) is 2.35. The van der Waals surface area contributed by atoms with Crippen molar-refractivity contribution >= 4 is 51.9 Å². The molecule has 0 saturated heterocycles. The zero-order valence-electron chi connectivity index (χ0n) is 12.6. The predicted octanol–water partition coefficient (Wildman–Crippen LogP) is 3.03. The van der Waals surface area contributed by atoms with Crippen molar-refractivity contribution in [3.8, 4) is 0 Å². The van der Waals surface area contributed by atoms with E-state index in [1.165, 1.54) is 11.3 Å². The van der Waals surface area contributed by atoms with E-state index in [2.05, 4.69) is 4.98 Å². The summed E-state index contributed by atoms with van der Waals surface area (Å²) in [6, 6.07) is 9.22. The van der Waals surface area contributed by atoms with Gasteiger partial charge in [-0.3, -0.25) is 9.69 Å². The van der Waals surface area contributed by atoms with Gasteiger partial charge in [0.1, 0.15) is 4.88 Å². The first-order valence-corrected chi connectivity index (χ1v) is 9.46. The molecular weight excluding hydrogens is 366 g/mol. The third-order valence-corrected chi connectivity index (χ3v) is 6.45. The molecule has 1 N–H and O–H groups in total. The Balaban J connectivity index is 1.94. The molecule has 0 saturated carbocycles. The van der Waals surface area contributed by atoms with E-state index in [9.17, 15) is 9.90 Å². The summed E-state index contributed by atoms with van der Waals surface area (Å²) in [5.74, 6) is 0.474. The number of hydrogen-bond donors (Lipinski definition) is 1. The summed E-state index contributed by atoms with van der Waals surface area (Å²) in [7, 11) is 1.75. The van der Waals surface area contributed by atoms with Gasteiger partial charge in [-0.15, -0.1) is 4.58 Å². The van der Waals surface area contributed by atoms with E-state index < -0.39 is 0 Å². The number of aliphatic hydroxyl groups is 1. The maximum atomic E-state index is 12.8. The summed E-state index contributed by atoms with van der Waals surface area (Å²) in [5.41, 5.74) is 1.66. The number of hydrogen-bond acceptors (Lipinski definition) is 5. The lowest BCUT2D eigenvalue weighted by Crippen LogP contribution is -2.46. The van der Waals surface area contributed by atoms with Crippen LogP contribution in [0, 0.1) is 0 Å². The summed E-state index contributed by atoms with van der Waals surface area (Å²) >= 11 is 8.91. The molecule has 5 nitrogen and oxygen atoms in total. The second-order valence-electron chi connectivity index (χ2n) is 5.41. The lowest BCUT2D eigenvalue weighted by molar-refractivity contribution is -0.537. The Morgan fingerprint density at radius 1 is 1.38 bits per heavy atom. The van der Waals surface area contributed by atoms with Crippen LogP contribution in [0.1, 0.15) is 10.4 Å². The zero-order valence-corrected chi connectivity index (χ0v) is 15.0. The molecule has 1 amide bonds. The van der Waals surface area contributed by atoms with Gasteiger partial charge in [-0.2, -0.15) is 0 Å². The lowest BCUT2D eigenvalue weighted by atomic mass is 10.0. The number of thiazole rings is 1. The number of fused-ring (bicyclic) bond motifs is 1. The molecule has 2 aromatic rings. The van der Waals surface area contributed by atoms with E-state index in [0.29, 0.717) is 21.4 Å². The van der Waals surface area contributed by atoms with Crippen molar-refractivity contribution < 1.29 is 14.5 Å². The number of likely N-dealkylation sites (N-methyl/N-ethyl adjacent to an activating group) is 1. The molecule has 0 spiro atoms. The van der Waals surface area contributed by atoms with Gasteiger partial charge in [0, 0.05) is 7.05 Å². The smallest absolute Gasteiger partial charge is 0.382 e. The van der Waals surface area contributed by atoms with Crippen molar-refractivity contribution in [2.24, 2.45) is 0 Å². The SMILES string of the molecule is CN1C(=O)C(c2ccccc2)=C(O)[N+]2=C(c3cnc(Cl)s3)CSC12. The maximum Gasteiger partial charge on any atom is 0.382 e. The van der Waals surface area contributed by atoms with E-state index >= 15 is 0 Å². The number of benzene rings is 1. The van der Waals surface area contributed by atoms with Crippen LogP contribution >= 0.6 is 34.7 Å². The summed E-state index contributed by atoms with van der Waals surface area (Å²) in [6.45, 7) is 0. The van der Waals surface area contributed by atoms with Crippen LogP contribution in [0.4, 0.5) is 0 Å². The maximum absolute atomic E-state index is 12.8. The molecular formula is C16H13ClN3O2S2+. The van der Waals surface area contributed by atoms with Gasteiger partial charge < -0.3 is 5.11 Å². The summed E-state index contributed by atoms with van der Waals surface area (Å²) in [5, 5.41) is 10.9. The third-order valence-electron chi connectivity index (χ3n) is 4.02. The molecule has 1 aromatic carbocycles. The first kappa shape index (κ1) is 15.7. The zero-order chi connectivity index (χ0) is 16.8. The number of amides is 1. The first-order valence-electron chi connectivity index (χ1n) is 7.22. The van der Waals surface area contributed by atoms with Crippen LogP contribution in [0.2, 0.25) is 4.47 Å². The van der Waals surface area contributed by atoms with Gasteiger partial charge >= 0.3 is 5.88 Å². The highest BCUT2D eigenvalue weighted by molar-refractivity contribution is 8.00. The minimum atomic E-state index is -0.263. The molecule has 24 heavy (non-hydrogen) atoms. The van der Waals surface area contributed by atoms with E-state index in [1.807, 2.05) is 30.3 Å². The highest BCUT2D eigenvalue weighted by Crippen LogP contribution is 2.37. The highest BCUT2D eigenvalue weighted by atomic mass is 35.5. The second-order valence-corrected chi connectivity index (χ2v) is 8.07. The van der Waals surface area contributed by atoms with Crippen molar-refractivity contribution in [2.75, 3.05) is 12.8 Å². The van der Waals surface area contributed by atoms with Crippen LogP contribution in [0.3, 0.4) is 0 Å². The second kappa shape index (κ2) is 5.91. The Hall–Kier alpha value is -1.83. The van der Waals surface area contributed by atoms with E-state index in [1.54, 1.807) is 34.5 Å². The van der Waals surface area contributed by atoms with Gasteiger partial charge in [0.05, 0.1) is 11.9 Å². The van der Waals surface area contributed by atoms with Gasteiger partial charge in [0.25, 0.3) is 11.4 Å². The van der Waals surface area contributed by atoms with Gasteiger partial charge in [-0.1, -0.05) is 65.0 Å². The molecule has 2 aliphatic heterocycles. The number of halogens is 1. The fourth-order valence-corrected chi connectivity index (χ4v) is 5.24. The Bertz CT molecular complexity index is 892. The van der Waals surface area contributed by atoms with Gasteiger partial charge in [-0.05, 0) is 5.56 Å². The molecule has 0 fully saturated rings. The Morgan fingerprint density at radius 2 is 2.12 bits per heavy atom. The number of aliphatic hydroxyl groups excluding tert-OH is 1. The molecule has 122 valence electrons. The molecule has 1 aromatic heterocycles. The predicted molar refractivity (Wildman–Crippen MR) is 96.5 cm³/mol. The van der Waals surface area contributed by atoms with Crippen LogP contribution in [0.25, 0.3) is 5.57 Å². The van der Waals surface area contributed by atoms with Crippen LogP contribution in [-0.4, -0.2) is 49.5 Å². The summed E-state index contributed by atoms with van der Waals surface area (Å²) in [4.78, 5) is 19.4. The van der Waals surface area contributed by atoms with Crippen molar-refractivity contribution in [3.05, 3.63) is 57.3 Å². The Kier molecular flexibility index (Phi) is 3.86. The quantitative estimate of drug-likeness (QED) is 0.816. The molecule has 2 aliphatic rings. The molecule has 0 radical (unpaired) electrons. The Labute approximate surface area is 151 Å². The fourth-order valence-electron chi connectivity index (χ4n) is 2.87. The van der Waals surface area contributed by atoms with Crippen LogP contribution in [-0.2, 0) is 4.79 Å². The average Bonchev–Trinajstić information content (AvgIpc) is 3.20. The number of thioether (sulfide) groups is 1.